The van der Waals surface area contributed by atoms with Crippen LogP contribution in [-0.4, -0.2) is 19.3 Å². The third-order valence-electron chi connectivity index (χ3n) is 1.50. The van der Waals surface area contributed by atoms with E-state index in [0.29, 0.717) is 17.3 Å². The number of hydrogen-bond donors (Lipinski definition) is 1. The van der Waals surface area contributed by atoms with Crippen LogP contribution in [0.4, 0.5) is 13.2 Å². The van der Waals surface area contributed by atoms with Crippen LogP contribution in [0, 0.1) is 0 Å². The van der Waals surface area contributed by atoms with E-state index < -0.39 is 12.7 Å². The van der Waals surface area contributed by atoms with Gasteiger partial charge < -0.3 is 5.32 Å². The average molecular weight is 244 g/mol. The predicted octanol–water partition coefficient (Wildman–Crippen LogP) is 3.10. The lowest BCUT2D eigenvalue weighted by Crippen LogP contribution is -2.30. The number of thiophene rings is 1. The van der Waals surface area contributed by atoms with Crippen LogP contribution in [0.5, 0.6) is 0 Å². The molecule has 0 aliphatic heterocycles. The summed E-state index contributed by atoms with van der Waals surface area (Å²) in [5.74, 6) is 0. The Labute approximate surface area is 88.9 Å². The van der Waals surface area contributed by atoms with E-state index in [1.54, 1.807) is 6.07 Å². The fourth-order valence-electron chi connectivity index (χ4n) is 0.928. The van der Waals surface area contributed by atoms with Crippen molar-refractivity contribution < 1.29 is 13.2 Å². The molecule has 0 aromatic carbocycles. The SMILES string of the molecule is FC(F)(F)CNCCc1ccc(Cl)s1. The van der Waals surface area contributed by atoms with Crippen LogP contribution in [0.2, 0.25) is 4.34 Å². The van der Waals surface area contributed by atoms with E-state index in [9.17, 15) is 13.2 Å². The van der Waals surface area contributed by atoms with Crippen LogP contribution in [0.15, 0.2) is 12.1 Å². The van der Waals surface area contributed by atoms with E-state index in [-0.39, 0.29) is 0 Å². The first-order valence-corrected chi connectivity index (χ1v) is 5.18. The Bertz CT molecular complexity index is 284. The van der Waals surface area contributed by atoms with Gasteiger partial charge in [0.25, 0.3) is 0 Å². The highest BCUT2D eigenvalue weighted by atomic mass is 35.5. The lowest BCUT2D eigenvalue weighted by atomic mass is 10.3. The molecule has 1 heterocycles. The quantitative estimate of drug-likeness (QED) is 0.802. The van der Waals surface area contributed by atoms with E-state index >= 15 is 0 Å². The van der Waals surface area contributed by atoms with Crippen molar-refractivity contribution >= 4 is 22.9 Å². The molecule has 0 radical (unpaired) electrons. The smallest absolute Gasteiger partial charge is 0.308 e. The average Bonchev–Trinajstić information content (AvgIpc) is 2.44. The summed E-state index contributed by atoms with van der Waals surface area (Å²) in [6.07, 6.45) is -3.55. The lowest BCUT2D eigenvalue weighted by Gasteiger charge is -2.06. The molecule has 1 N–H and O–H groups in total. The lowest BCUT2D eigenvalue weighted by molar-refractivity contribution is -0.124. The van der Waals surface area contributed by atoms with Crippen LogP contribution < -0.4 is 5.32 Å². The molecule has 0 fully saturated rings. The zero-order chi connectivity index (χ0) is 10.6. The predicted molar refractivity (Wildman–Crippen MR) is 52.0 cm³/mol. The van der Waals surface area contributed by atoms with Gasteiger partial charge in [0.2, 0.25) is 0 Å². The first-order chi connectivity index (χ1) is 6.47. The molecular formula is C8H9ClF3NS. The number of halogens is 4. The molecule has 6 heteroatoms. The molecule has 14 heavy (non-hydrogen) atoms. The Hall–Kier alpha value is -0.260. The van der Waals surface area contributed by atoms with Gasteiger partial charge >= 0.3 is 6.18 Å². The molecule has 0 unspecified atom stereocenters. The van der Waals surface area contributed by atoms with Crippen LogP contribution in [0.3, 0.4) is 0 Å². The van der Waals surface area contributed by atoms with Gasteiger partial charge in [-0.3, -0.25) is 0 Å². The summed E-state index contributed by atoms with van der Waals surface area (Å²) in [7, 11) is 0. The third kappa shape index (κ3) is 4.83. The summed E-state index contributed by atoms with van der Waals surface area (Å²) in [5.41, 5.74) is 0. The van der Waals surface area contributed by atoms with Gasteiger partial charge in [-0.2, -0.15) is 13.2 Å². The Kier molecular flexibility index (Phi) is 4.22. The normalized spacial score (nSPS) is 12.0. The molecule has 0 spiro atoms. The molecule has 0 saturated heterocycles. The Balaban J connectivity index is 2.16. The minimum absolute atomic E-state index is 0.316. The van der Waals surface area contributed by atoms with Crippen LogP contribution >= 0.6 is 22.9 Å². The minimum atomic E-state index is -4.13. The molecule has 0 atom stereocenters. The molecule has 1 nitrogen and oxygen atoms in total. The van der Waals surface area contributed by atoms with Gasteiger partial charge in [-0.05, 0) is 18.6 Å². The fraction of sp³-hybridized carbons (Fsp3) is 0.500. The van der Waals surface area contributed by atoms with Gasteiger partial charge in [-0.15, -0.1) is 11.3 Å². The third-order valence-corrected chi connectivity index (χ3v) is 2.79. The molecule has 0 aliphatic rings. The maximum Gasteiger partial charge on any atom is 0.401 e. The van der Waals surface area contributed by atoms with Gasteiger partial charge in [-0.1, -0.05) is 11.6 Å². The number of nitrogens with one attached hydrogen (secondary N) is 1. The van der Waals surface area contributed by atoms with Crippen LogP contribution in [-0.2, 0) is 6.42 Å². The Morgan fingerprint density at radius 2 is 2.07 bits per heavy atom. The maximum atomic E-state index is 11.7. The van der Waals surface area contributed by atoms with E-state index in [2.05, 4.69) is 5.32 Å². The number of rotatable bonds is 4. The van der Waals surface area contributed by atoms with E-state index in [1.165, 1.54) is 11.3 Å². The largest absolute Gasteiger partial charge is 0.401 e. The van der Waals surface area contributed by atoms with Crippen molar-refractivity contribution in [2.24, 2.45) is 0 Å². The molecule has 0 aliphatic carbocycles. The maximum absolute atomic E-state index is 11.7. The van der Waals surface area contributed by atoms with Crippen molar-refractivity contribution in [3.05, 3.63) is 21.3 Å². The second-order valence-electron chi connectivity index (χ2n) is 2.75. The molecule has 0 amide bonds. The molecule has 80 valence electrons. The summed E-state index contributed by atoms with van der Waals surface area (Å²) < 4.78 is 35.8. The fourth-order valence-corrected chi connectivity index (χ4v) is 2.01. The van der Waals surface area contributed by atoms with Gasteiger partial charge in [0.1, 0.15) is 0 Å². The topological polar surface area (TPSA) is 12.0 Å². The Morgan fingerprint density at radius 3 is 2.57 bits per heavy atom. The summed E-state index contributed by atoms with van der Waals surface area (Å²) >= 11 is 7.05. The van der Waals surface area contributed by atoms with E-state index in [0.717, 1.165) is 4.88 Å². The monoisotopic (exact) mass is 243 g/mol. The molecule has 0 saturated carbocycles. The van der Waals surface area contributed by atoms with Crippen molar-refractivity contribution in [2.75, 3.05) is 13.1 Å². The van der Waals surface area contributed by atoms with E-state index in [4.69, 9.17) is 11.6 Å². The minimum Gasteiger partial charge on any atom is -0.308 e. The molecular weight excluding hydrogens is 235 g/mol. The second kappa shape index (κ2) is 5.00. The van der Waals surface area contributed by atoms with Gasteiger partial charge in [-0.25, -0.2) is 0 Å². The summed E-state index contributed by atoms with van der Waals surface area (Å²) in [6, 6.07) is 3.56. The highest BCUT2D eigenvalue weighted by Crippen LogP contribution is 2.21. The van der Waals surface area contributed by atoms with Crippen LogP contribution in [0.25, 0.3) is 0 Å². The van der Waals surface area contributed by atoms with Gasteiger partial charge in [0.05, 0.1) is 10.9 Å². The molecule has 1 aromatic rings. The van der Waals surface area contributed by atoms with E-state index in [1.807, 2.05) is 6.07 Å². The van der Waals surface area contributed by atoms with Crippen molar-refractivity contribution in [3.63, 3.8) is 0 Å². The van der Waals surface area contributed by atoms with Crippen molar-refractivity contribution in [1.82, 2.24) is 5.32 Å². The number of hydrogen-bond acceptors (Lipinski definition) is 2. The van der Waals surface area contributed by atoms with Crippen LogP contribution in [0.1, 0.15) is 4.88 Å². The highest BCUT2D eigenvalue weighted by Gasteiger charge is 2.25. The zero-order valence-electron chi connectivity index (χ0n) is 7.20. The Morgan fingerprint density at radius 1 is 1.36 bits per heavy atom. The standard InChI is InChI=1S/C8H9ClF3NS/c9-7-2-1-6(14-7)3-4-13-5-8(10,11)12/h1-2,13H,3-5H2. The molecule has 1 rings (SSSR count). The summed E-state index contributed by atoms with van der Waals surface area (Å²) in [5, 5.41) is 2.32. The van der Waals surface area contributed by atoms with Gasteiger partial charge in [0, 0.05) is 11.4 Å². The highest BCUT2D eigenvalue weighted by molar-refractivity contribution is 7.16. The van der Waals surface area contributed by atoms with Crippen molar-refractivity contribution in [3.8, 4) is 0 Å². The summed E-state index contributed by atoms with van der Waals surface area (Å²) in [6.45, 7) is -0.623. The molecule has 0 bridgehead atoms. The van der Waals surface area contributed by atoms with Crippen molar-refractivity contribution in [2.45, 2.75) is 12.6 Å². The number of alkyl halides is 3. The zero-order valence-corrected chi connectivity index (χ0v) is 8.77. The van der Waals surface area contributed by atoms with Crippen molar-refractivity contribution in [1.29, 1.82) is 0 Å². The first-order valence-electron chi connectivity index (χ1n) is 3.99. The summed E-state index contributed by atoms with van der Waals surface area (Å²) in [4.78, 5) is 0.990. The molecule has 1 aromatic heterocycles. The van der Waals surface area contributed by atoms with Gasteiger partial charge in [0.15, 0.2) is 0 Å². The first kappa shape index (κ1) is 11.8. The second-order valence-corrected chi connectivity index (χ2v) is 4.55.